The SMILES string of the molecule is CC1(C)CC(C)(C)c2cc(-c3ccc(-c4nc(-c5ccccc5)nc(N(c5ccccc5)c5ccccc5)n4)cn3)ccc21. The van der Waals surface area contributed by atoms with Crippen molar-refractivity contribution in [1.29, 1.82) is 0 Å². The molecule has 0 aliphatic heterocycles. The summed E-state index contributed by atoms with van der Waals surface area (Å²) in [5.74, 6) is 1.72. The molecule has 5 heteroatoms. The minimum atomic E-state index is 0.132. The first kappa shape index (κ1) is 27.7. The van der Waals surface area contributed by atoms with Gasteiger partial charge in [0.25, 0.3) is 0 Å². The highest BCUT2D eigenvalue weighted by Gasteiger charge is 2.41. The number of nitrogens with zero attached hydrogens (tertiary/aromatic N) is 5. The van der Waals surface area contributed by atoms with Crippen LogP contribution < -0.4 is 4.90 Å². The van der Waals surface area contributed by atoms with Crippen LogP contribution in [-0.4, -0.2) is 19.9 Å². The molecular formula is C39H35N5. The molecule has 0 saturated carbocycles. The molecule has 4 aromatic carbocycles. The summed E-state index contributed by atoms with van der Waals surface area (Å²) in [5, 5.41) is 0. The van der Waals surface area contributed by atoms with Crippen molar-refractivity contribution in [2.45, 2.75) is 44.9 Å². The van der Waals surface area contributed by atoms with Gasteiger partial charge in [0, 0.05) is 34.3 Å². The van der Waals surface area contributed by atoms with Crippen molar-refractivity contribution < 1.29 is 0 Å². The van der Waals surface area contributed by atoms with E-state index < -0.39 is 0 Å². The van der Waals surface area contributed by atoms with E-state index in [0.717, 1.165) is 40.2 Å². The maximum absolute atomic E-state index is 5.03. The van der Waals surface area contributed by atoms with Gasteiger partial charge in [-0.1, -0.05) is 107 Å². The van der Waals surface area contributed by atoms with Gasteiger partial charge in [-0.3, -0.25) is 9.88 Å². The van der Waals surface area contributed by atoms with Gasteiger partial charge in [0.15, 0.2) is 11.6 Å². The Bertz CT molecular complexity index is 1880. The molecule has 0 N–H and O–H groups in total. The maximum atomic E-state index is 5.03. The van der Waals surface area contributed by atoms with E-state index in [9.17, 15) is 0 Å². The number of fused-ring (bicyclic) bond motifs is 1. The largest absolute Gasteiger partial charge is 0.279 e. The molecular weight excluding hydrogens is 538 g/mol. The molecule has 5 nitrogen and oxygen atoms in total. The highest BCUT2D eigenvalue weighted by molar-refractivity contribution is 5.75. The Balaban J connectivity index is 1.32. The van der Waals surface area contributed by atoms with Crippen LogP contribution in [0.5, 0.6) is 0 Å². The van der Waals surface area contributed by atoms with Crippen LogP contribution in [0.15, 0.2) is 128 Å². The summed E-state index contributed by atoms with van der Waals surface area (Å²) in [7, 11) is 0. The normalized spacial score (nSPS) is 14.6. The average molecular weight is 574 g/mol. The first-order valence-corrected chi connectivity index (χ1v) is 15.1. The molecule has 0 atom stereocenters. The van der Waals surface area contributed by atoms with Crippen LogP contribution in [0, 0.1) is 0 Å². The number of aromatic nitrogens is 4. The first-order valence-electron chi connectivity index (χ1n) is 15.1. The Hall–Kier alpha value is -5.16. The third kappa shape index (κ3) is 5.15. The van der Waals surface area contributed by atoms with Gasteiger partial charge in [0.1, 0.15) is 0 Å². The number of anilines is 3. The number of rotatable bonds is 6. The topological polar surface area (TPSA) is 54.8 Å². The van der Waals surface area contributed by atoms with Crippen LogP contribution in [0.25, 0.3) is 34.0 Å². The van der Waals surface area contributed by atoms with Gasteiger partial charge in [-0.25, -0.2) is 4.98 Å². The molecule has 0 fully saturated rings. The lowest BCUT2D eigenvalue weighted by atomic mass is 9.82. The fraction of sp³-hybridized carbons (Fsp3) is 0.179. The Kier molecular flexibility index (Phi) is 6.81. The molecule has 0 bridgehead atoms. The molecule has 6 aromatic rings. The summed E-state index contributed by atoms with van der Waals surface area (Å²) in [6, 6.07) is 41.4. The highest BCUT2D eigenvalue weighted by atomic mass is 15.3. The second-order valence-electron chi connectivity index (χ2n) is 12.8. The van der Waals surface area contributed by atoms with E-state index >= 15 is 0 Å². The van der Waals surface area contributed by atoms with Crippen LogP contribution in [0.4, 0.5) is 17.3 Å². The summed E-state index contributed by atoms with van der Waals surface area (Å²) < 4.78 is 0. The number of hydrogen-bond acceptors (Lipinski definition) is 5. The third-order valence-electron chi connectivity index (χ3n) is 8.56. The molecule has 0 saturated heterocycles. The molecule has 2 heterocycles. The molecule has 0 unspecified atom stereocenters. The fourth-order valence-electron chi connectivity index (χ4n) is 6.69. The Morgan fingerprint density at radius 2 is 1.07 bits per heavy atom. The summed E-state index contributed by atoms with van der Waals surface area (Å²) >= 11 is 0. The van der Waals surface area contributed by atoms with Crippen molar-refractivity contribution in [3.63, 3.8) is 0 Å². The number of benzene rings is 4. The van der Waals surface area contributed by atoms with Crippen molar-refractivity contribution in [2.75, 3.05) is 4.90 Å². The third-order valence-corrected chi connectivity index (χ3v) is 8.56. The van der Waals surface area contributed by atoms with Crippen LogP contribution in [-0.2, 0) is 10.8 Å². The van der Waals surface area contributed by atoms with Crippen LogP contribution in [0.3, 0.4) is 0 Å². The van der Waals surface area contributed by atoms with E-state index in [2.05, 4.69) is 87.2 Å². The number of pyridine rings is 1. The molecule has 1 aliphatic rings. The molecule has 0 radical (unpaired) electrons. The molecule has 2 aromatic heterocycles. The predicted octanol–water partition coefficient (Wildman–Crippen LogP) is 9.70. The lowest BCUT2D eigenvalue weighted by Crippen LogP contribution is -2.17. The molecule has 44 heavy (non-hydrogen) atoms. The number of para-hydroxylation sites is 2. The Labute approximate surface area is 259 Å². The van der Waals surface area contributed by atoms with Crippen LogP contribution in [0.2, 0.25) is 0 Å². The fourth-order valence-corrected chi connectivity index (χ4v) is 6.69. The zero-order chi connectivity index (χ0) is 30.3. The summed E-state index contributed by atoms with van der Waals surface area (Å²) in [4.78, 5) is 21.9. The van der Waals surface area contributed by atoms with Crippen molar-refractivity contribution in [2.24, 2.45) is 0 Å². The monoisotopic (exact) mass is 573 g/mol. The lowest BCUT2D eigenvalue weighted by Gasteiger charge is -2.23. The first-order chi connectivity index (χ1) is 21.3. The van der Waals surface area contributed by atoms with Gasteiger partial charge in [0.2, 0.25) is 5.95 Å². The van der Waals surface area contributed by atoms with Crippen LogP contribution >= 0.6 is 0 Å². The van der Waals surface area contributed by atoms with Crippen molar-refractivity contribution in [3.8, 4) is 34.0 Å². The van der Waals surface area contributed by atoms with E-state index in [-0.39, 0.29) is 10.8 Å². The molecule has 1 aliphatic carbocycles. The zero-order valence-corrected chi connectivity index (χ0v) is 25.6. The van der Waals surface area contributed by atoms with Gasteiger partial charge in [-0.2, -0.15) is 9.97 Å². The van der Waals surface area contributed by atoms with E-state index in [4.69, 9.17) is 19.9 Å². The standard InChI is InChI=1S/C39H35N5/c1-38(2)26-39(3,4)33-24-28(20-22-32(33)38)34-23-21-29(25-40-34)36-41-35(27-14-8-5-9-15-27)42-37(43-36)44(30-16-10-6-11-17-30)31-18-12-7-13-19-31/h5-25H,26H2,1-4H3. The molecule has 7 rings (SSSR count). The van der Waals surface area contributed by atoms with Crippen LogP contribution in [0.1, 0.15) is 45.2 Å². The minimum Gasteiger partial charge on any atom is -0.279 e. The van der Waals surface area contributed by atoms with Gasteiger partial charge in [-0.05, 0) is 70.8 Å². The molecule has 0 spiro atoms. The molecule has 0 amide bonds. The van der Waals surface area contributed by atoms with Crippen molar-refractivity contribution in [1.82, 2.24) is 19.9 Å². The second kappa shape index (κ2) is 10.8. The number of hydrogen-bond donors (Lipinski definition) is 0. The summed E-state index contributed by atoms with van der Waals surface area (Å²) in [6.45, 7) is 9.38. The Morgan fingerprint density at radius 1 is 0.523 bits per heavy atom. The lowest BCUT2D eigenvalue weighted by molar-refractivity contribution is 0.403. The summed E-state index contributed by atoms with van der Waals surface area (Å²) in [6.07, 6.45) is 3.01. The maximum Gasteiger partial charge on any atom is 0.238 e. The van der Waals surface area contributed by atoms with E-state index in [1.807, 2.05) is 72.9 Å². The zero-order valence-electron chi connectivity index (χ0n) is 25.6. The quantitative estimate of drug-likeness (QED) is 0.199. The Morgan fingerprint density at radius 3 is 1.66 bits per heavy atom. The van der Waals surface area contributed by atoms with E-state index in [0.29, 0.717) is 17.6 Å². The average Bonchev–Trinajstić information content (AvgIpc) is 3.25. The second-order valence-corrected chi connectivity index (χ2v) is 12.8. The van der Waals surface area contributed by atoms with Crippen molar-refractivity contribution >= 4 is 17.3 Å². The van der Waals surface area contributed by atoms with E-state index in [1.54, 1.807) is 0 Å². The van der Waals surface area contributed by atoms with Gasteiger partial charge in [-0.15, -0.1) is 0 Å². The highest BCUT2D eigenvalue weighted by Crippen LogP contribution is 2.50. The minimum absolute atomic E-state index is 0.132. The smallest absolute Gasteiger partial charge is 0.238 e. The van der Waals surface area contributed by atoms with Crippen molar-refractivity contribution in [3.05, 3.63) is 139 Å². The van der Waals surface area contributed by atoms with Gasteiger partial charge in [0.05, 0.1) is 5.69 Å². The summed E-state index contributed by atoms with van der Waals surface area (Å²) in [5.41, 5.74) is 8.91. The van der Waals surface area contributed by atoms with E-state index in [1.165, 1.54) is 11.1 Å². The van der Waals surface area contributed by atoms with Gasteiger partial charge >= 0.3 is 0 Å². The predicted molar refractivity (Wildman–Crippen MR) is 179 cm³/mol. The molecule has 216 valence electrons. The van der Waals surface area contributed by atoms with Gasteiger partial charge < -0.3 is 0 Å².